The summed E-state index contributed by atoms with van der Waals surface area (Å²) in [4.78, 5) is 10.1. The smallest absolute Gasteiger partial charge is 0.384 e. The molecule has 3 unspecified atom stereocenters. The van der Waals surface area contributed by atoms with Crippen LogP contribution in [0, 0.1) is 0 Å². The van der Waals surface area contributed by atoms with Gasteiger partial charge in [-0.1, -0.05) is 6.92 Å². The van der Waals surface area contributed by atoms with Gasteiger partial charge in [0.25, 0.3) is 0 Å². The summed E-state index contributed by atoms with van der Waals surface area (Å²) in [7, 11) is -3.90. The van der Waals surface area contributed by atoms with Crippen molar-refractivity contribution in [3.63, 3.8) is 0 Å². The highest BCUT2D eigenvalue weighted by molar-refractivity contribution is 7.53. The molecule has 0 saturated heterocycles. The molecule has 0 aliphatic carbocycles. The van der Waals surface area contributed by atoms with E-state index >= 15 is 0 Å². The number of rotatable bonds is 4. The summed E-state index contributed by atoms with van der Waals surface area (Å²) in [6.45, 7) is 3.71. The highest BCUT2D eigenvalue weighted by Crippen LogP contribution is 2.52. The van der Waals surface area contributed by atoms with Crippen molar-refractivity contribution in [1.29, 1.82) is 0 Å². The molecule has 2 N–H and O–H groups in total. The van der Waals surface area contributed by atoms with Crippen LogP contribution < -0.4 is 5.32 Å². The molecule has 1 aromatic rings. The summed E-state index contributed by atoms with van der Waals surface area (Å²) in [5.41, 5.74) is -0.567. The van der Waals surface area contributed by atoms with E-state index in [1.807, 2.05) is 6.92 Å². The zero-order chi connectivity index (χ0) is 16.5. The largest absolute Gasteiger partial charge is 0.416 e. The second kappa shape index (κ2) is 6.22. The Labute approximate surface area is 127 Å². The SMILES string of the molecule is CCC(C)OP(=O)(O)C1CNc2ccc(C(F)(F)F)cc2C1. The molecular weight excluding hydrogens is 318 g/mol. The van der Waals surface area contributed by atoms with Gasteiger partial charge < -0.3 is 14.7 Å². The Balaban J connectivity index is 2.21. The molecule has 1 aromatic carbocycles. The van der Waals surface area contributed by atoms with Gasteiger partial charge in [-0.25, -0.2) is 0 Å². The lowest BCUT2D eigenvalue weighted by atomic mass is 10.0. The maximum atomic E-state index is 12.8. The molecular formula is C14H19F3NO3P. The number of nitrogens with one attached hydrogen (secondary N) is 1. The van der Waals surface area contributed by atoms with Crippen LogP contribution in [0.4, 0.5) is 18.9 Å². The molecule has 3 atom stereocenters. The number of alkyl halides is 3. The van der Waals surface area contributed by atoms with E-state index in [-0.39, 0.29) is 19.1 Å². The predicted molar refractivity (Wildman–Crippen MR) is 78.1 cm³/mol. The predicted octanol–water partition coefficient (Wildman–Crippen LogP) is 4.04. The van der Waals surface area contributed by atoms with E-state index in [0.29, 0.717) is 17.7 Å². The van der Waals surface area contributed by atoms with Gasteiger partial charge in [0.15, 0.2) is 0 Å². The Morgan fingerprint density at radius 1 is 1.50 bits per heavy atom. The molecule has 0 fully saturated rings. The first-order valence-corrected chi connectivity index (χ1v) is 8.73. The zero-order valence-electron chi connectivity index (χ0n) is 12.4. The third-order valence-corrected chi connectivity index (χ3v) is 5.73. The molecule has 1 heterocycles. The van der Waals surface area contributed by atoms with Gasteiger partial charge in [-0.15, -0.1) is 0 Å². The van der Waals surface area contributed by atoms with Crippen LogP contribution in [0.1, 0.15) is 31.4 Å². The molecule has 0 radical (unpaired) electrons. The van der Waals surface area contributed by atoms with E-state index in [2.05, 4.69) is 5.32 Å². The Hall–Kier alpha value is -1.04. The summed E-state index contributed by atoms with van der Waals surface area (Å²) in [5, 5.41) is 2.91. The Bertz CT molecular complexity index is 591. The van der Waals surface area contributed by atoms with Crippen LogP contribution >= 0.6 is 7.60 Å². The summed E-state index contributed by atoms with van der Waals surface area (Å²) in [6, 6.07) is 3.38. The van der Waals surface area contributed by atoms with Gasteiger partial charge in [-0.05, 0) is 43.5 Å². The Morgan fingerprint density at radius 2 is 2.18 bits per heavy atom. The normalized spacial score (nSPS) is 22.4. The van der Waals surface area contributed by atoms with Crippen LogP contribution in [0.2, 0.25) is 0 Å². The molecule has 1 aliphatic rings. The third kappa shape index (κ3) is 3.83. The molecule has 124 valence electrons. The summed E-state index contributed by atoms with van der Waals surface area (Å²) in [6.07, 6.45) is -4.15. The number of hydrogen-bond acceptors (Lipinski definition) is 3. The van der Waals surface area contributed by atoms with Crippen LogP contribution in [0.3, 0.4) is 0 Å². The van der Waals surface area contributed by atoms with Gasteiger partial charge >= 0.3 is 13.8 Å². The van der Waals surface area contributed by atoms with Crippen LogP contribution in [0.15, 0.2) is 18.2 Å². The molecule has 0 spiro atoms. The van der Waals surface area contributed by atoms with Crippen molar-refractivity contribution in [3.05, 3.63) is 29.3 Å². The molecule has 0 bridgehead atoms. The fraction of sp³-hybridized carbons (Fsp3) is 0.571. The van der Waals surface area contributed by atoms with Gasteiger partial charge in [0.05, 0.1) is 17.3 Å². The molecule has 4 nitrogen and oxygen atoms in total. The monoisotopic (exact) mass is 337 g/mol. The van der Waals surface area contributed by atoms with Crippen LogP contribution in [-0.2, 0) is 21.7 Å². The second-order valence-corrected chi connectivity index (χ2v) is 7.57. The van der Waals surface area contributed by atoms with Gasteiger partial charge in [0.1, 0.15) is 0 Å². The van der Waals surface area contributed by atoms with Gasteiger partial charge in [-0.3, -0.25) is 4.57 Å². The van der Waals surface area contributed by atoms with Gasteiger partial charge in [0, 0.05) is 12.2 Å². The second-order valence-electron chi connectivity index (χ2n) is 5.50. The van der Waals surface area contributed by atoms with Gasteiger partial charge in [0.2, 0.25) is 0 Å². The number of anilines is 1. The number of fused-ring (bicyclic) bond motifs is 1. The fourth-order valence-corrected chi connectivity index (χ4v) is 3.90. The zero-order valence-corrected chi connectivity index (χ0v) is 13.2. The Morgan fingerprint density at radius 3 is 2.77 bits per heavy atom. The molecule has 0 amide bonds. The van der Waals surface area contributed by atoms with Crippen molar-refractivity contribution in [1.82, 2.24) is 0 Å². The highest BCUT2D eigenvalue weighted by atomic mass is 31.2. The molecule has 8 heteroatoms. The first-order chi connectivity index (χ1) is 10.1. The van der Waals surface area contributed by atoms with Crippen molar-refractivity contribution >= 4 is 13.3 Å². The molecule has 2 rings (SSSR count). The average molecular weight is 337 g/mol. The van der Waals surface area contributed by atoms with Crippen LogP contribution in [-0.4, -0.2) is 23.2 Å². The van der Waals surface area contributed by atoms with Crippen molar-refractivity contribution in [2.75, 3.05) is 11.9 Å². The van der Waals surface area contributed by atoms with Crippen molar-refractivity contribution < 1.29 is 27.2 Å². The maximum absolute atomic E-state index is 12.8. The standard InChI is InChI=1S/C14H19F3NO3P/c1-3-9(2)21-22(19,20)12-7-10-6-11(14(15,16)17)4-5-13(10)18-8-12/h4-6,9,12,18H,3,7-8H2,1-2H3,(H,19,20). The van der Waals surface area contributed by atoms with Gasteiger partial charge in [-0.2, -0.15) is 13.2 Å². The summed E-state index contributed by atoms with van der Waals surface area (Å²) in [5.74, 6) is 0. The lowest BCUT2D eigenvalue weighted by Crippen LogP contribution is -2.30. The molecule has 1 aliphatic heterocycles. The quantitative estimate of drug-likeness (QED) is 0.814. The first-order valence-electron chi connectivity index (χ1n) is 7.08. The first kappa shape index (κ1) is 17.3. The summed E-state index contributed by atoms with van der Waals surface area (Å²) >= 11 is 0. The van der Waals surface area contributed by atoms with E-state index in [9.17, 15) is 22.6 Å². The number of benzene rings is 1. The number of halogens is 3. The topological polar surface area (TPSA) is 58.6 Å². The third-order valence-electron chi connectivity index (χ3n) is 3.78. The van der Waals surface area contributed by atoms with E-state index < -0.39 is 25.0 Å². The Kier molecular flexibility index (Phi) is 4.90. The molecule has 0 saturated carbocycles. The minimum atomic E-state index is -4.43. The van der Waals surface area contributed by atoms with Crippen molar-refractivity contribution in [2.45, 2.75) is 44.6 Å². The van der Waals surface area contributed by atoms with Crippen molar-refractivity contribution in [2.24, 2.45) is 0 Å². The fourth-order valence-electron chi connectivity index (χ4n) is 2.31. The van der Waals surface area contributed by atoms with E-state index in [1.165, 1.54) is 6.07 Å². The minimum absolute atomic E-state index is 0.0798. The van der Waals surface area contributed by atoms with Crippen LogP contribution in [0.25, 0.3) is 0 Å². The lowest BCUT2D eigenvalue weighted by molar-refractivity contribution is -0.137. The summed E-state index contributed by atoms with van der Waals surface area (Å²) < 4.78 is 55.8. The minimum Gasteiger partial charge on any atom is -0.384 e. The average Bonchev–Trinajstić information content (AvgIpc) is 2.44. The van der Waals surface area contributed by atoms with E-state index in [1.54, 1.807) is 6.92 Å². The van der Waals surface area contributed by atoms with E-state index in [0.717, 1.165) is 12.1 Å². The maximum Gasteiger partial charge on any atom is 0.416 e. The van der Waals surface area contributed by atoms with Crippen LogP contribution in [0.5, 0.6) is 0 Å². The highest BCUT2D eigenvalue weighted by Gasteiger charge is 2.38. The lowest BCUT2D eigenvalue weighted by Gasteiger charge is -2.30. The number of hydrogen-bond donors (Lipinski definition) is 2. The van der Waals surface area contributed by atoms with E-state index in [4.69, 9.17) is 4.52 Å². The molecule has 0 aromatic heterocycles. The molecule has 22 heavy (non-hydrogen) atoms. The van der Waals surface area contributed by atoms with Crippen molar-refractivity contribution in [3.8, 4) is 0 Å².